The van der Waals surface area contributed by atoms with Crippen molar-refractivity contribution in [1.82, 2.24) is 0 Å². The Hall–Kier alpha value is -2.76. The topological polar surface area (TPSA) is 0 Å². The Kier molecular flexibility index (Phi) is 4.56. The zero-order valence-corrected chi connectivity index (χ0v) is 21.1. The first-order valence-electron chi connectivity index (χ1n) is 12.1. The van der Waals surface area contributed by atoms with E-state index < -0.39 is 20.3 Å². The van der Waals surface area contributed by atoms with Crippen LogP contribution >= 0.6 is 0 Å². The fourth-order valence-corrected chi connectivity index (χ4v) is 23.7. The van der Waals surface area contributed by atoms with Crippen LogP contribution in [0.3, 0.4) is 0 Å². The number of hydrogen-bond acceptors (Lipinski definition) is 0. The second kappa shape index (κ2) is 7.64. The van der Waals surface area contributed by atoms with Gasteiger partial charge < -0.3 is 0 Å². The van der Waals surface area contributed by atoms with Crippen molar-refractivity contribution in [3.05, 3.63) is 143 Å². The summed E-state index contributed by atoms with van der Waals surface area (Å²) in [6.07, 6.45) is 5.03. The summed E-state index contributed by atoms with van der Waals surface area (Å²) >= 11 is -2.71. The van der Waals surface area contributed by atoms with Crippen molar-refractivity contribution in [3.8, 4) is 0 Å². The molecule has 7 rings (SSSR count). The molecular weight excluding hydrogens is 476 g/mol. The third-order valence-corrected chi connectivity index (χ3v) is 20.8. The molecule has 0 N–H and O–H groups in total. The third-order valence-electron chi connectivity index (χ3n) is 8.05. The van der Waals surface area contributed by atoms with Crippen molar-refractivity contribution in [3.63, 3.8) is 0 Å². The zero-order chi connectivity index (χ0) is 21.8. The van der Waals surface area contributed by atoms with E-state index in [0.29, 0.717) is 7.25 Å². The number of rotatable bonds is 4. The first-order valence-corrected chi connectivity index (χ1v) is 18.4. The predicted molar refractivity (Wildman–Crippen MR) is 137 cm³/mol. The Morgan fingerprint density at radius 1 is 0.455 bits per heavy atom. The standard InChI is InChI=1S/2C15H11.C2H4.Zr/c2*1-2-6-12(7-3-1)15-10-13-8-4-5-9-14(13)11-15;1-2;/h2*1-11H;1-2H2;. The van der Waals surface area contributed by atoms with Gasteiger partial charge in [-0.1, -0.05) is 0 Å². The molecule has 0 spiro atoms. The average molecular weight is 502 g/mol. The van der Waals surface area contributed by atoms with Crippen molar-refractivity contribution in [2.75, 3.05) is 0 Å². The summed E-state index contributed by atoms with van der Waals surface area (Å²) in [6.45, 7) is 0. The monoisotopic (exact) mass is 500 g/mol. The summed E-state index contributed by atoms with van der Waals surface area (Å²) in [5.41, 5.74) is 12.1. The van der Waals surface area contributed by atoms with Crippen molar-refractivity contribution in [2.45, 2.75) is 15.5 Å². The van der Waals surface area contributed by atoms with E-state index in [-0.39, 0.29) is 0 Å². The van der Waals surface area contributed by atoms with Crippen molar-refractivity contribution in [2.24, 2.45) is 0 Å². The van der Waals surface area contributed by atoms with Crippen LogP contribution in [-0.2, 0) is 20.3 Å². The SMILES string of the molecule is C1=C(c2ccccc2)[CH]([Zr]2([CH]3C(c4ccccc4)=Cc4ccccc43)[CH2][CH2]2)c2ccccc21. The van der Waals surface area contributed by atoms with Crippen LogP contribution in [0.4, 0.5) is 0 Å². The first kappa shape index (κ1) is 19.7. The molecule has 1 heterocycles. The van der Waals surface area contributed by atoms with E-state index in [1.54, 1.807) is 22.3 Å². The van der Waals surface area contributed by atoms with Gasteiger partial charge in [-0.3, -0.25) is 0 Å². The van der Waals surface area contributed by atoms with Crippen LogP contribution in [0.5, 0.6) is 0 Å². The molecule has 4 aromatic carbocycles. The molecule has 4 aromatic rings. The van der Waals surface area contributed by atoms with Crippen molar-refractivity contribution < 1.29 is 20.3 Å². The van der Waals surface area contributed by atoms with E-state index in [2.05, 4.69) is 121 Å². The Labute approximate surface area is 200 Å². The van der Waals surface area contributed by atoms with Crippen LogP contribution in [0.25, 0.3) is 23.3 Å². The van der Waals surface area contributed by atoms with E-state index >= 15 is 0 Å². The molecule has 0 saturated carbocycles. The maximum absolute atomic E-state index is 2.71. The Balaban J connectivity index is 1.43. The Morgan fingerprint density at radius 2 is 0.848 bits per heavy atom. The van der Waals surface area contributed by atoms with Gasteiger partial charge in [0.1, 0.15) is 0 Å². The summed E-state index contributed by atoms with van der Waals surface area (Å²) in [7, 11) is 0. The van der Waals surface area contributed by atoms with Gasteiger partial charge in [0.05, 0.1) is 0 Å². The van der Waals surface area contributed by atoms with Crippen LogP contribution in [0.1, 0.15) is 40.6 Å². The van der Waals surface area contributed by atoms with Crippen LogP contribution in [0.15, 0.2) is 109 Å². The second-order valence-electron chi connectivity index (χ2n) is 9.79. The quantitative estimate of drug-likeness (QED) is 0.263. The third kappa shape index (κ3) is 3.06. The molecule has 2 aliphatic carbocycles. The van der Waals surface area contributed by atoms with E-state index in [1.807, 2.05) is 0 Å². The maximum atomic E-state index is 2.51. The molecule has 1 fully saturated rings. The minimum absolute atomic E-state index is 0.626. The van der Waals surface area contributed by atoms with Crippen molar-refractivity contribution in [1.29, 1.82) is 0 Å². The van der Waals surface area contributed by atoms with Gasteiger partial charge in [-0.25, -0.2) is 0 Å². The summed E-state index contributed by atoms with van der Waals surface area (Å²) in [6, 6.07) is 40.8. The fraction of sp³-hybridized carbons (Fsp3) is 0.125. The van der Waals surface area contributed by atoms with Gasteiger partial charge in [-0.15, -0.1) is 0 Å². The molecule has 158 valence electrons. The Bertz CT molecular complexity index is 1300. The molecular formula is C32H26Zr. The number of fused-ring (bicyclic) bond motifs is 2. The number of benzene rings is 4. The normalized spacial score (nSPS) is 21.7. The molecule has 1 aliphatic heterocycles. The van der Waals surface area contributed by atoms with Gasteiger partial charge >= 0.3 is 202 Å². The molecule has 0 bridgehead atoms. The van der Waals surface area contributed by atoms with Gasteiger partial charge in [-0.05, 0) is 0 Å². The number of hydrogen-bond donors (Lipinski definition) is 0. The predicted octanol–water partition coefficient (Wildman–Crippen LogP) is 8.58. The van der Waals surface area contributed by atoms with Crippen LogP contribution < -0.4 is 0 Å². The Morgan fingerprint density at radius 3 is 1.27 bits per heavy atom. The summed E-state index contributed by atoms with van der Waals surface area (Å²) in [5.74, 6) is 0. The minimum atomic E-state index is -2.71. The molecule has 0 nitrogen and oxygen atoms in total. The van der Waals surface area contributed by atoms with E-state index in [0.717, 1.165) is 0 Å². The van der Waals surface area contributed by atoms with Gasteiger partial charge in [0, 0.05) is 0 Å². The second-order valence-corrected chi connectivity index (χ2v) is 21.1. The average Bonchev–Trinajstić information content (AvgIpc) is 3.41. The molecule has 1 heteroatoms. The fourth-order valence-electron chi connectivity index (χ4n) is 6.54. The molecule has 0 amide bonds. The van der Waals surface area contributed by atoms with Gasteiger partial charge in [0.25, 0.3) is 0 Å². The molecule has 2 atom stereocenters. The molecule has 2 unspecified atom stereocenters. The van der Waals surface area contributed by atoms with E-state index in [4.69, 9.17) is 0 Å². The van der Waals surface area contributed by atoms with Crippen molar-refractivity contribution >= 4 is 23.3 Å². The van der Waals surface area contributed by atoms with Crippen LogP contribution in [0.2, 0.25) is 8.26 Å². The zero-order valence-electron chi connectivity index (χ0n) is 18.6. The van der Waals surface area contributed by atoms with Gasteiger partial charge in [0.15, 0.2) is 0 Å². The first-order chi connectivity index (χ1) is 16.4. The number of allylic oxidation sites excluding steroid dienone is 2. The van der Waals surface area contributed by atoms with E-state index in [9.17, 15) is 0 Å². The molecule has 0 aromatic heterocycles. The molecule has 33 heavy (non-hydrogen) atoms. The van der Waals surface area contributed by atoms with E-state index in [1.165, 1.54) is 30.5 Å². The molecule has 3 aliphatic rings. The summed E-state index contributed by atoms with van der Waals surface area (Å²) in [4.78, 5) is 0. The molecule has 0 radical (unpaired) electrons. The van der Waals surface area contributed by atoms with Gasteiger partial charge in [-0.2, -0.15) is 0 Å². The van der Waals surface area contributed by atoms with Crippen LogP contribution in [0, 0.1) is 0 Å². The summed E-state index contributed by atoms with van der Waals surface area (Å²) in [5, 5.41) is 0. The summed E-state index contributed by atoms with van der Waals surface area (Å²) < 4.78 is 4.20. The molecule has 1 saturated heterocycles. The van der Waals surface area contributed by atoms with Crippen LogP contribution in [-0.4, -0.2) is 0 Å². The van der Waals surface area contributed by atoms with Gasteiger partial charge in [0.2, 0.25) is 0 Å².